The van der Waals surface area contributed by atoms with E-state index in [-0.39, 0.29) is 17.7 Å². The minimum Gasteiger partial charge on any atom is -0.460 e. The Hall–Kier alpha value is -1.14. The second-order valence-corrected chi connectivity index (χ2v) is 4.18. The molecule has 0 aliphatic rings. The third-order valence-corrected chi connectivity index (χ3v) is 2.54. The van der Waals surface area contributed by atoms with Crippen molar-refractivity contribution in [1.29, 1.82) is 0 Å². The first-order chi connectivity index (χ1) is 7.61. The highest BCUT2D eigenvalue weighted by atomic mass is 79.9. The van der Waals surface area contributed by atoms with Crippen LogP contribution < -0.4 is 0 Å². The highest BCUT2D eigenvalue weighted by Gasteiger charge is 2.14. The Labute approximate surface area is 105 Å². The number of hydrogen-bond donors (Lipinski definition) is 0. The van der Waals surface area contributed by atoms with E-state index in [2.05, 4.69) is 25.9 Å². The van der Waals surface area contributed by atoms with E-state index < -0.39 is 5.97 Å². The topological polar surface area (TPSA) is 56.5 Å². The first-order valence-electron chi connectivity index (χ1n) is 4.50. The van der Waals surface area contributed by atoms with Gasteiger partial charge >= 0.3 is 5.97 Å². The summed E-state index contributed by atoms with van der Waals surface area (Å²) >= 11 is 9.19. The maximum Gasteiger partial charge on any atom is 0.376 e. The van der Waals surface area contributed by atoms with E-state index >= 15 is 0 Å². The highest BCUT2D eigenvalue weighted by molar-refractivity contribution is 9.10. The van der Waals surface area contributed by atoms with Crippen LogP contribution in [-0.2, 0) is 4.74 Å². The van der Waals surface area contributed by atoms with E-state index in [1.807, 2.05) is 0 Å². The fourth-order valence-electron chi connectivity index (χ4n) is 1.22. The molecule has 2 aromatic heterocycles. The van der Waals surface area contributed by atoms with Crippen LogP contribution in [0.5, 0.6) is 0 Å². The van der Waals surface area contributed by atoms with E-state index in [1.54, 1.807) is 23.6 Å². The van der Waals surface area contributed by atoms with Gasteiger partial charge in [-0.3, -0.25) is 4.40 Å². The normalized spacial score (nSPS) is 10.7. The van der Waals surface area contributed by atoms with Crippen LogP contribution in [0.4, 0.5) is 0 Å². The highest BCUT2D eigenvalue weighted by Crippen LogP contribution is 2.18. The smallest absolute Gasteiger partial charge is 0.376 e. The molecule has 0 saturated heterocycles. The van der Waals surface area contributed by atoms with Crippen LogP contribution in [0.2, 0.25) is 5.28 Å². The van der Waals surface area contributed by atoms with Crippen molar-refractivity contribution < 1.29 is 9.53 Å². The monoisotopic (exact) mass is 303 g/mol. The van der Waals surface area contributed by atoms with Crippen molar-refractivity contribution in [3.63, 3.8) is 0 Å². The summed E-state index contributed by atoms with van der Waals surface area (Å²) in [4.78, 5) is 19.3. The molecule has 16 heavy (non-hydrogen) atoms. The summed E-state index contributed by atoms with van der Waals surface area (Å²) < 4.78 is 7.17. The Morgan fingerprint density at radius 3 is 3.06 bits per heavy atom. The lowest BCUT2D eigenvalue weighted by Crippen LogP contribution is -2.11. The molecule has 0 amide bonds. The Balaban J connectivity index is 2.53. The molecule has 2 rings (SSSR count). The summed E-state index contributed by atoms with van der Waals surface area (Å²) in [6, 6.07) is 1.73. The van der Waals surface area contributed by atoms with Gasteiger partial charge in [0.25, 0.3) is 0 Å². The molecular formula is C9H7BrClN3O2. The average Bonchev–Trinajstić information content (AvgIpc) is 2.59. The molecule has 0 aliphatic carbocycles. The van der Waals surface area contributed by atoms with Gasteiger partial charge in [-0.05, 0) is 40.5 Å². The van der Waals surface area contributed by atoms with Gasteiger partial charge in [0.15, 0.2) is 0 Å². The zero-order valence-corrected chi connectivity index (χ0v) is 10.6. The van der Waals surface area contributed by atoms with Crippen molar-refractivity contribution >= 4 is 39.1 Å². The average molecular weight is 305 g/mol. The van der Waals surface area contributed by atoms with Crippen molar-refractivity contribution in [2.45, 2.75) is 6.92 Å². The molecule has 0 aromatic carbocycles. The molecule has 0 N–H and O–H groups in total. The summed E-state index contributed by atoms with van der Waals surface area (Å²) in [6.45, 7) is 1.99. The summed E-state index contributed by atoms with van der Waals surface area (Å²) in [5.74, 6) is -0.617. The van der Waals surface area contributed by atoms with Crippen molar-refractivity contribution in [3.05, 3.63) is 27.8 Å². The summed E-state index contributed by atoms with van der Waals surface area (Å²) in [7, 11) is 0. The molecule has 2 heterocycles. The maximum absolute atomic E-state index is 11.4. The number of fused-ring (bicyclic) bond motifs is 1. The van der Waals surface area contributed by atoms with Crippen LogP contribution in [0.3, 0.4) is 0 Å². The molecule has 0 aliphatic heterocycles. The number of rotatable bonds is 2. The SMILES string of the molecule is CCOC(=O)c1nc(Cl)n2cc(Br)cc2n1. The summed E-state index contributed by atoms with van der Waals surface area (Å²) in [5, 5.41) is 0.166. The number of halogens is 2. The summed E-state index contributed by atoms with van der Waals surface area (Å²) in [5.41, 5.74) is 0.537. The van der Waals surface area contributed by atoms with Gasteiger partial charge in [-0.2, -0.15) is 4.98 Å². The number of hydrogen-bond acceptors (Lipinski definition) is 4. The Kier molecular flexibility index (Phi) is 3.11. The van der Waals surface area contributed by atoms with Crippen LogP contribution in [0.1, 0.15) is 17.5 Å². The van der Waals surface area contributed by atoms with E-state index in [4.69, 9.17) is 16.3 Å². The van der Waals surface area contributed by atoms with E-state index in [0.717, 1.165) is 4.47 Å². The van der Waals surface area contributed by atoms with Gasteiger partial charge in [-0.15, -0.1) is 0 Å². The van der Waals surface area contributed by atoms with E-state index in [0.29, 0.717) is 5.65 Å². The zero-order valence-electron chi connectivity index (χ0n) is 8.28. The fraction of sp³-hybridized carbons (Fsp3) is 0.222. The predicted molar refractivity (Wildman–Crippen MR) is 61.7 cm³/mol. The standard InChI is InChI=1S/C9H7BrClN3O2/c1-2-16-8(15)7-12-6-3-5(10)4-14(6)9(11)13-7/h3-4H,2H2,1H3. The Bertz CT molecular complexity index is 555. The lowest BCUT2D eigenvalue weighted by molar-refractivity contribution is 0.0512. The van der Waals surface area contributed by atoms with Crippen molar-refractivity contribution in [2.24, 2.45) is 0 Å². The van der Waals surface area contributed by atoms with Crippen LogP contribution in [0, 0.1) is 0 Å². The van der Waals surface area contributed by atoms with Gasteiger partial charge < -0.3 is 4.74 Å². The van der Waals surface area contributed by atoms with Gasteiger partial charge in [-0.1, -0.05) is 0 Å². The molecule has 2 aromatic rings. The second-order valence-electron chi connectivity index (χ2n) is 2.92. The molecular weight excluding hydrogens is 297 g/mol. The predicted octanol–water partition coefficient (Wildman–Crippen LogP) is 2.32. The van der Waals surface area contributed by atoms with Gasteiger partial charge in [0, 0.05) is 10.7 Å². The number of carbonyl (C=O) groups is 1. The second kappa shape index (κ2) is 4.39. The Morgan fingerprint density at radius 2 is 2.38 bits per heavy atom. The molecule has 0 radical (unpaired) electrons. The van der Waals surface area contributed by atoms with Crippen molar-refractivity contribution in [1.82, 2.24) is 14.4 Å². The van der Waals surface area contributed by atoms with Crippen molar-refractivity contribution in [3.8, 4) is 0 Å². The largest absolute Gasteiger partial charge is 0.460 e. The number of nitrogens with zero attached hydrogens (tertiary/aromatic N) is 3. The third kappa shape index (κ3) is 2.03. The summed E-state index contributed by atoms with van der Waals surface area (Å²) in [6.07, 6.45) is 1.71. The minimum absolute atomic E-state index is 0.0371. The van der Waals surface area contributed by atoms with E-state index in [9.17, 15) is 4.79 Å². The number of esters is 1. The molecule has 84 valence electrons. The third-order valence-electron chi connectivity index (χ3n) is 1.84. The first kappa shape index (κ1) is 11.3. The number of carbonyl (C=O) groups excluding carboxylic acids is 1. The number of ether oxygens (including phenoxy) is 1. The first-order valence-corrected chi connectivity index (χ1v) is 5.67. The van der Waals surface area contributed by atoms with Gasteiger partial charge in [0.1, 0.15) is 5.65 Å². The van der Waals surface area contributed by atoms with Crippen LogP contribution in [0.25, 0.3) is 5.65 Å². The van der Waals surface area contributed by atoms with Gasteiger partial charge in [-0.25, -0.2) is 9.78 Å². The molecule has 0 unspecified atom stereocenters. The fourth-order valence-corrected chi connectivity index (χ4v) is 1.84. The Morgan fingerprint density at radius 1 is 1.62 bits per heavy atom. The quantitative estimate of drug-likeness (QED) is 0.799. The number of aromatic nitrogens is 3. The lowest BCUT2D eigenvalue weighted by Gasteiger charge is -2.02. The molecule has 0 spiro atoms. The zero-order chi connectivity index (χ0) is 11.7. The molecule has 0 saturated carbocycles. The lowest BCUT2D eigenvalue weighted by atomic mass is 10.6. The van der Waals surface area contributed by atoms with Crippen molar-refractivity contribution in [2.75, 3.05) is 6.61 Å². The minimum atomic E-state index is -0.579. The maximum atomic E-state index is 11.4. The molecule has 5 nitrogen and oxygen atoms in total. The van der Waals surface area contributed by atoms with Crippen LogP contribution in [-0.4, -0.2) is 26.9 Å². The van der Waals surface area contributed by atoms with Gasteiger partial charge in [0.05, 0.1) is 6.61 Å². The molecule has 7 heteroatoms. The van der Waals surface area contributed by atoms with Crippen LogP contribution in [0.15, 0.2) is 16.7 Å². The molecule has 0 bridgehead atoms. The molecule has 0 atom stereocenters. The van der Waals surface area contributed by atoms with Gasteiger partial charge in [0.2, 0.25) is 11.1 Å². The molecule has 0 fully saturated rings. The van der Waals surface area contributed by atoms with E-state index in [1.165, 1.54) is 0 Å². The van der Waals surface area contributed by atoms with Crippen LogP contribution >= 0.6 is 27.5 Å².